The molecule has 5 nitrogen and oxygen atoms in total. The number of hydrogen-bond donors (Lipinski definition) is 1. The lowest BCUT2D eigenvalue weighted by atomic mass is 9.81. The van der Waals surface area contributed by atoms with Crippen LogP contribution >= 0.6 is 0 Å². The molecule has 1 aromatic carbocycles. The van der Waals surface area contributed by atoms with Crippen molar-refractivity contribution in [2.75, 3.05) is 18.5 Å². The number of carbonyl (C=O) groups is 1. The van der Waals surface area contributed by atoms with E-state index in [4.69, 9.17) is 4.74 Å². The third kappa shape index (κ3) is 3.84. The molecule has 1 amide bonds. The average molecular weight is 353 g/mol. The number of carbonyl (C=O) groups excluding carboxylic acids is 1. The van der Waals surface area contributed by atoms with Crippen LogP contribution in [0.4, 0.5) is 19.0 Å². The molecule has 1 N–H and O–H groups in total. The van der Waals surface area contributed by atoms with Gasteiger partial charge < -0.3 is 10.1 Å². The van der Waals surface area contributed by atoms with Gasteiger partial charge in [0.05, 0.1) is 16.7 Å². The molecule has 0 spiro atoms. The second kappa shape index (κ2) is 6.51. The molecule has 134 valence electrons. The number of alkyl halides is 3. The van der Waals surface area contributed by atoms with E-state index in [2.05, 4.69) is 10.4 Å². The van der Waals surface area contributed by atoms with E-state index < -0.39 is 17.2 Å². The monoisotopic (exact) mass is 353 g/mol. The minimum Gasteiger partial charge on any atom is -0.381 e. The van der Waals surface area contributed by atoms with E-state index >= 15 is 0 Å². The molecule has 1 aliphatic heterocycles. The maximum atomic E-state index is 12.8. The molecular formula is C17H18F3N3O2. The van der Waals surface area contributed by atoms with Crippen molar-refractivity contribution < 1.29 is 22.7 Å². The highest BCUT2D eigenvalue weighted by molar-refractivity contribution is 5.94. The molecule has 0 bridgehead atoms. The van der Waals surface area contributed by atoms with Gasteiger partial charge in [-0.3, -0.25) is 4.79 Å². The lowest BCUT2D eigenvalue weighted by Crippen LogP contribution is -2.38. The Morgan fingerprint density at radius 3 is 2.68 bits per heavy atom. The molecule has 2 heterocycles. The summed E-state index contributed by atoms with van der Waals surface area (Å²) in [5, 5.41) is 6.89. The Kier molecular flexibility index (Phi) is 4.55. The zero-order chi connectivity index (χ0) is 18.1. The van der Waals surface area contributed by atoms with Crippen LogP contribution < -0.4 is 5.32 Å². The maximum Gasteiger partial charge on any atom is 0.416 e. The van der Waals surface area contributed by atoms with Gasteiger partial charge in [-0.25, -0.2) is 4.68 Å². The SMILES string of the molecule is CC1(C(=O)Nc2ccn(-c3cccc(C(F)(F)F)c3)n2)CCOCC1. The third-order valence-electron chi connectivity index (χ3n) is 4.41. The first-order valence-corrected chi connectivity index (χ1v) is 7.90. The largest absolute Gasteiger partial charge is 0.416 e. The molecule has 3 rings (SSSR count). The number of aromatic nitrogens is 2. The average Bonchev–Trinajstić information content (AvgIpc) is 3.03. The molecule has 1 saturated heterocycles. The van der Waals surface area contributed by atoms with Crippen molar-refractivity contribution in [3.05, 3.63) is 42.1 Å². The molecular weight excluding hydrogens is 335 g/mol. The van der Waals surface area contributed by atoms with Crippen molar-refractivity contribution in [2.24, 2.45) is 5.41 Å². The summed E-state index contributed by atoms with van der Waals surface area (Å²) in [6, 6.07) is 6.41. The Morgan fingerprint density at radius 1 is 1.28 bits per heavy atom. The summed E-state index contributed by atoms with van der Waals surface area (Å²) in [6.07, 6.45) is -1.67. The van der Waals surface area contributed by atoms with Crippen LogP contribution in [0.2, 0.25) is 0 Å². The fourth-order valence-electron chi connectivity index (χ4n) is 2.68. The molecule has 25 heavy (non-hydrogen) atoms. The maximum absolute atomic E-state index is 12.8. The zero-order valence-corrected chi connectivity index (χ0v) is 13.6. The number of benzene rings is 1. The first kappa shape index (κ1) is 17.5. The van der Waals surface area contributed by atoms with Crippen LogP contribution in [0.5, 0.6) is 0 Å². The number of amides is 1. The molecule has 1 fully saturated rings. The van der Waals surface area contributed by atoms with E-state index in [0.29, 0.717) is 31.9 Å². The lowest BCUT2D eigenvalue weighted by molar-refractivity contribution is -0.137. The molecule has 0 atom stereocenters. The summed E-state index contributed by atoms with van der Waals surface area (Å²) < 4.78 is 45.0. The van der Waals surface area contributed by atoms with Gasteiger partial charge >= 0.3 is 6.18 Å². The number of nitrogens with one attached hydrogen (secondary N) is 1. The highest BCUT2D eigenvalue weighted by Crippen LogP contribution is 2.32. The predicted octanol–water partition coefficient (Wildman–Crippen LogP) is 3.65. The second-order valence-corrected chi connectivity index (χ2v) is 6.32. The predicted molar refractivity (Wildman–Crippen MR) is 85.4 cm³/mol. The van der Waals surface area contributed by atoms with E-state index in [-0.39, 0.29) is 11.6 Å². The normalized spacial score (nSPS) is 17.3. The fourth-order valence-corrected chi connectivity index (χ4v) is 2.68. The number of rotatable bonds is 3. The van der Waals surface area contributed by atoms with Crippen LogP contribution in [-0.4, -0.2) is 28.9 Å². The standard InChI is InChI=1S/C17H18F3N3O2/c1-16(6-9-25-10-7-16)15(24)21-14-5-8-23(22-14)13-4-2-3-12(11-13)17(18,19)20/h2-5,8,11H,6-7,9-10H2,1H3,(H,21,22,24). The molecule has 1 aromatic heterocycles. The smallest absolute Gasteiger partial charge is 0.381 e. The molecule has 0 saturated carbocycles. The summed E-state index contributed by atoms with van der Waals surface area (Å²) in [5.74, 6) is 0.139. The van der Waals surface area contributed by atoms with Crippen molar-refractivity contribution in [1.29, 1.82) is 0 Å². The molecule has 0 aliphatic carbocycles. The van der Waals surface area contributed by atoms with Gasteiger partial charge in [0.1, 0.15) is 0 Å². The van der Waals surface area contributed by atoms with Crippen LogP contribution in [-0.2, 0) is 15.7 Å². The van der Waals surface area contributed by atoms with Gasteiger partial charge in [-0.05, 0) is 31.0 Å². The summed E-state index contributed by atoms with van der Waals surface area (Å²) in [7, 11) is 0. The second-order valence-electron chi connectivity index (χ2n) is 6.32. The third-order valence-corrected chi connectivity index (χ3v) is 4.41. The zero-order valence-electron chi connectivity index (χ0n) is 13.6. The van der Waals surface area contributed by atoms with Crippen LogP contribution in [0.15, 0.2) is 36.5 Å². The van der Waals surface area contributed by atoms with Gasteiger partial charge in [-0.2, -0.15) is 18.3 Å². The topological polar surface area (TPSA) is 56.2 Å². The van der Waals surface area contributed by atoms with Crippen molar-refractivity contribution >= 4 is 11.7 Å². The van der Waals surface area contributed by atoms with E-state index in [9.17, 15) is 18.0 Å². The number of ether oxygens (including phenoxy) is 1. The molecule has 0 radical (unpaired) electrons. The Hall–Kier alpha value is -2.35. The molecule has 8 heteroatoms. The van der Waals surface area contributed by atoms with E-state index in [1.807, 2.05) is 6.92 Å². The summed E-state index contributed by atoms with van der Waals surface area (Å²) in [5.41, 5.74) is -1.01. The molecule has 1 aliphatic rings. The highest BCUT2D eigenvalue weighted by atomic mass is 19.4. The van der Waals surface area contributed by atoms with Crippen molar-refractivity contribution in [3.8, 4) is 5.69 Å². The Morgan fingerprint density at radius 2 is 2.00 bits per heavy atom. The lowest BCUT2D eigenvalue weighted by Gasteiger charge is -2.31. The number of halogens is 3. The Bertz CT molecular complexity index is 764. The van der Waals surface area contributed by atoms with Gasteiger partial charge in [0.15, 0.2) is 5.82 Å². The van der Waals surface area contributed by atoms with E-state index in [0.717, 1.165) is 12.1 Å². The van der Waals surface area contributed by atoms with Crippen molar-refractivity contribution in [2.45, 2.75) is 25.9 Å². The minimum absolute atomic E-state index is 0.162. The highest BCUT2D eigenvalue weighted by Gasteiger charge is 2.35. The molecule has 2 aromatic rings. The molecule has 0 unspecified atom stereocenters. The van der Waals surface area contributed by atoms with Gasteiger partial charge in [-0.1, -0.05) is 13.0 Å². The first-order valence-electron chi connectivity index (χ1n) is 7.90. The van der Waals surface area contributed by atoms with E-state index in [1.54, 1.807) is 6.07 Å². The van der Waals surface area contributed by atoms with Crippen molar-refractivity contribution in [3.63, 3.8) is 0 Å². The van der Waals surface area contributed by atoms with E-state index in [1.165, 1.54) is 23.0 Å². The van der Waals surface area contributed by atoms with Crippen LogP contribution in [0.3, 0.4) is 0 Å². The number of nitrogens with zero attached hydrogens (tertiary/aromatic N) is 2. The number of hydrogen-bond acceptors (Lipinski definition) is 3. The Labute approximate surface area is 142 Å². The van der Waals surface area contributed by atoms with Gasteiger partial charge in [-0.15, -0.1) is 0 Å². The van der Waals surface area contributed by atoms with Gasteiger partial charge in [0.2, 0.25) is 5.91 Å². The summed E-state index contributed by atoms with van der Waals surface area (Å²) in [6.45, 7) is 2.93. The summed E-state index contributed by atoms with van der Waals surface area (Å²) >= 11 is 0. The van der Waals surface area contributed by atoms with Crippen LogP contribution in [0, 0.1) is 5.41 Å². The van der Waals surface area contributed by atoms with Crippen LogP contribution in [0.1, 0.15) is 25.3 Å². The van der Waals surface area contributed by atoms with Crippen LogP contribution in [0.25, 0.3) is 5.69 Å². The number of anilines is 1. The minimum atomic E-state index is -4.42. The fraction of sp³-hybridized carbons (Fsp3) is 0.412. The van der Waals surface area contributed by atoms with Gasteiger partial charge in [0, 0.05) is 25.5 Å². The van der Waals surface area contributed by atoms with Crippen molar-refractivity contribution in [1.82, 2.24) is 9.78 Å². The summed E-state index contributed by atoms with van der Waals surface area (Å²) in [4.78, 5) is 12.5. The quantitative estimate of drug-likeness (QED) is 0.916. The first-order chi connectivity index (χ1) is 11.8. The van der Waals surface area contributed by atoms with Gasteiger partial charge in [0.25, 0.3) is 0 Å². The Balaban J connectivity index is 1.76.